The van der Waals surface area contributed by atoms with Gasteiger partial charge in [-0.05, 0) is 24.7 Å². The van der Waals surface area contributed by atoms with E-state index in [0.717, 1.165) is 12.8 Å². The molecule has 2 nitrogen and oxygen atoms in total. The van der Waals surface area contributed by atoms with Crippen molar-refractivity contribution in [3.8, 4) is 0 Å². The minimum absolute atomic E-state index is 0.251. The van der Waals surface area contributed by atoms with Gasteiger partial charge in [-0.15, -0.1) is 0 Å². The fourth-order valence-electron chi connectivity index (χ4n) is 1.85. The van der Waals surface area contributed by atoms with Gasteiger partial charge in [0, 0.05) is 12.1 Å². The summed E-state index contributed by atoms with van der Waals surface area (Å²) in [5, 5.41) is 12.8. The summed E-state index contributed by atoms with van der Waals surface area (Å²) in [6.07, 6.45) is 2.19. The molecule has 2 heteroatoms. The van der Waals surface area contributed by atoms with Gasteiger partial charge in [0.15, 0.2) is 0 Å². The lowest BCUT2D eigenvalue weighted by molar-refractivity contribution is 0.200. The topological polar surface area (TPSA) is 32.3 Å². The molecule has 0 fully saturated rings. The molecule has 0 saturated carbocycles. The Bertz CT molecular complexity index is 134. The van der Waals surface area contributed by atoms with Crippen LogP contribution in [0.15, 0.2) is 0 Å². The maximum Gasteiger partial charge on any atom is 0.0584 e. The molecule has 0 aromatic carbocycles. The Morgan fingerprint density at radius 3 is 2.00 bits per heavy atom. The van der Waals surface area contributed by atoms with Gasteiger partial charge in [0.2, 0.25) is 0 Å². The van der Waals surface area contributed by atoms with E-state index < -0.39 is 0 Å². The van der Waals surface area contributed by atoms with Crippen LogP contribution in [0.25, 0.3) is 0 Å². The van der Waals surface area contributed by atoms with E-state index in [1.807, 2.05) is 0 Å². The molecule has 0 aliphatic heterocycles. The molecular formula is C12H27NO. The number of aliphatic hydroxyl groups is 1. The molecule has 0 amide bonds. The number of hydrogen-bond donors (Lipinski definition) is 2. The first kappa shape index (κ1) is 13.9. The minimum Gasteiger partial charge on any atom is -0.395 e. The smallest absolute Gasteiger partial charge is 0.0584 e. The first-order chi connectivity index (χ1) is 6.51. The van der Waals surface area contributed by atoms with Gasteiger partial charge in [-0.2, -0.15) is 0 Å². The first-order valence-electron chi connectivity index (χ1n) is 5.88. The van der Waals surface area contributed by atoms with Crippen LogP contribution in [-0.2, 0) is 0 Å². The summed E-state index contributed by atoms with van der Waals surface area (Å²) in [5.41, 5.74) is 0. The number of aliphatic hydroxyl groups excluding tert-OH is 1. The van der Waals surface area contributed by atoms with Gasteiger partial charge in [-0.25, -0.2) is 0 Å². The third kappa shape index (κ3) is 5.61. The van der Waals surface area contributed by atoms with Crippen molar-refractivity contribution in [1.29, 1.82) is 0 Å². The Kier molecular flexibility index (Phi) is 7.20. The van der Waals surface area contributed by atoms with E-state index in [1.165, 1.54) is 0 Å². The maximum absolute atomic E-state index is 9.24. The molecule has 0 aliphatic carbocycles. The molecule has 86 valence electrons. The van der Waals surface area contributed by atoms with Crippen LogP contribution in [0, 0.1) is 11.8 Å². The summed E-state index contributed by atoms with van der Waals surface area (Å²) in [5.74, 6) is 1.28. The summed E-state index contributed by atoms with van der Waals surface area (Å²) in [4.78, 5) is 0. The van der Waals surface area contributed by atoms with E-state index in [2.05, 4.69) is 39.9 Å². The molecular weight excluding hydrogens is 174 g/mol. The zero-order valence-electron chi connectivity index (χ0n) is 10.4. The van der Waals surface area contributed by atoms with E-state index in [0.29, 0.717) is 17.9 Å². The van der Waals surface area contributed by atoms with Gasteiger partial charge in [0.05, 0.1) is 6.61 Å². The molecule has 0 saturated heterocycles. The van der Waals surface area contributed by atoms with Crippen LogP contribution in [-0.4, -0.2) is 23.8 Å². The Labute approximate surface area is 89.1 Å². The molecule has 2 N–H and O–H groups in total. The molecule has 0 aromatic heterocycles. The molecule has 0 aliphatic rings. The van der Waals surface area contributed by atoms with Crippen molar-refractivity contribution < 1.29 is 5.11 Å². The highest BCUT2D eigenvalue weighted by Gasteiger charge is 2.16. The van der Waals surface area contributed by atoms with Crippen LogP contribution in [0.4, 0.5) is 0 Å². The predicted octanol–water partition coefficient (Wildman–Crippen LogP) is 2.42. The highest BCUT2D eigenvalue weighted by atomic mass is 16.3. The summed E-state index contributed by atoms with van der Waals surface area (Å²) >= 11 is 0. The van der Waals surface area contributed by atoms with Gasteiger partial charge in [0.25, 0.3) is 0 Å². The summed E-state index contributed by atoms with van der Waals surface area (Å²) in [6, 6.07) is 0.799. The molecule has 0 unspecified atom stereocenters. The second kappa shape index (κ2) is 7.24. The third-order valence-corrected chi connectivity index (χ3v) is 2.67. The molecule has 2 atom stereocenters. The Balaban J connectivity index is 4.00. The zero-order chi connectivity index (χ0) is 11.1. The van der Waals surface area contributed by atoms with Gasteiger partial charge in [-0.3, -0.25) is 0 Å². The van der Waals surface area contributed by atoms with Crippen molar-refractivity contribution in [1.82, 2.24) is 5.32 Å². The quantitative estimate of drug-likeness (QED) is 0.663. The molecule has 0 aromatic rings. The number of hydrogen-bond acceptors (Lipinski definition) is 2. The predicted molar refractivity (Wildman–Crippen MR) is 62.4 cm³/mol. The lowest BCUT2D eigenvalue weighted by atomic mass is 9.98. The standard InChI is InChI=1S/C12H27NO/c1-6-12(10(4)5)13-11(8-14)7-9(2)3/h9-14H,6-8H2,1-5H3/t11-,12+/m0/s1. The van der Waals surface area contributed by atoms with E-state index in [-0.39, 0.29) is 12.6 Å². The van der Waals surface area contributed by atoms with Gasteiger partial charge >= 0.3 is 0 Å². The maximum atomic E-state index is 9.24. The third-order valence-electron chi connectivity index (χ3n) is 2.67. The van der Waals surface area contributed by atoms with E-state index in [9.17, 15) is 5.11 Å². The highest BCUT2D eigenvalue weighted by molar-refractivity contribution is 4.76. The minimum atomic E-state index is 0.251. The summed E-state index contributed by atoms with van der Waals surface area (Å²) in [6.45, 7) is 11.3. The second-order valence-electron chi connectivity index (χ2n) is 4.93. The van der Waals surface area contributed by atoms with Crippen molar-refractivity contribution in [3.63, 3.8) is 0 Å². The lowest BCUT2D eigenvalue weighted by Gasteiger charge is -2.27. The van der Waals surface area contributed by atoms with Crippen LogP contribution in [0.2, 0.25) is 0 Å². The van der Waals surface area contributed by atoms with Crippen molar-refractivity contribution in [2.24, 2.45) is 11.8 Å². The van der Waals surface area contributed by atoms with Crippen LogP contribution in [0.3, 0.4) is 0 Å². The monoisotopic (exact) mass is 201 g/mol. The van der Waals surface area contributed by atoms with Gasteiger partial charge in [-0.1, -0.05) is 34.6 Å². The average molecular weight is 201 g/mol. The van der Waals surface area contributed by atoms with Crippen molar-refractivity contribution >= 4 is 0 Å². The number of rotatable bonds is 7. The zero-order valence-corrected chi connectivity index (χ0v) is 10.4. The SMILES string of the molecule is CC[C@@H](N[C@H](CO)CC(C)C)C(C)C. The summed E-state index contributed by atoms with van der Waals surface area (Å²) in [7, 11) is 0. The Hall–Kier alpha value is -0.0800. The normalized spacial score (nSPS) is 16.3. The molecule has 0 bridgehead atoms. The largest absolute Gasteiger partial charge is 0.395 e. The fourth-order valence-corrected chi connectivity index (χ4v) is 1.85. The van der Waals surface area contributed by atoms with Crippen molar-refractivity contribution in [3.05, 3.63) is 0 Å². The van der Waals surface area contributed by atoms with E-state index in [1.54, 1.807) is 0 Å². The molecule has 0 rings (SSSR count). The number of nitrogens with one attached hydrogen (secondary N) is 1. The van der Waals surface area contributed by atoms with Crippen LogP contribution in [0.1, 0.15) is 47.5 Å². The van der Waals surface area contributed by atoms with Crippen molar-refractivity contribution in [2.75, 3.05) is 6.61 Å². The Morgan fingerprint density at radius 1 is 1.14 bits per heavy atom. The molecule has 14 heavy (non-hydrogen) atoms. The summed E-state index contributed by atoms with van der Waals surface area (Å²) < 4.78 is 0. The van der Waals surface area contributed by atoms with E-state index >= 15 is 0 Å². The highest BCUT2D eigenvalue weighted by Crippen LogP contribution is 2.10. The lowest BCUT2D eigenvalue weighted by Crippen LogP contribution is -2.43. The Morgan fingerprint density at radius 2 is 1.71 bits per heavy atom. The first-order valence-corrected chi connectivity index (χ1v) is 5.88. The second-order valence-corrected chi connectivity index (χ2v) is 4.93. The fraction of sp³-hybridized carbons (Fsp3) is 1.00. The molecule has 0 heterocycles. The van der Waals surface area contributed by atoms with Gasteiger partial charge < -0.3 is 10.4 Å². The van der Waals surface area contributed by atoms with Crippen molar-refractivity contribution in [2.45, 2.75) is 59.5 Å². The van der Waals surface area contributed by atoms with E-state index in [4.69, 9.17) is 0 Å². The molecule has 0 radical (unpaired) electrons. The van der Waals surface area contributed by atoms with Crippen LogP contribution in [0.5, 0.6) is 0 Å². The average Bonchev–Trinajstić information content (AvgIpc) is 2.10. The molecule has 0 spiro atoms. The van der Waals surface area contributed by atoms with Crippen LogP contribution < -0.4 is 5.32 Å². The van der Waals surface area contributed by atoms with Crippen LogP contribution >= 0.6 is 0 Å². The van der Waals surface area contributed by atoms with Gasteiger partial charge in [0.1, 0.15) is 0 Å².